The van der Waals surface area contributed by atoms with Crippen LogP contribution in [0.3, 0.4) is 0 Å². The predicted molar refractivity (Wildman–Crippen MR) is 128 cm³/mol. The van der Waals surface area contributed by atoms with Crippen LogP contribution >= 0.6 is 0 Å². The van der Waals surface area contributed by atoms with Gasteiger partial charge in [0.25, 0.3) is 0 Å². The standard InChI is InChI=1S/C26H27N5O2/c1-19(33)21-6-8-23(9-7-21)22-4-2-20(3-5-22)16-26(18-32)31-17-25(29-30-31)12-15-28-24-10-13-27-14-11-24/h2-11,13-14,17,26,32H,12,15-16,18H2,1H3,(H,27,28). The fourth-order valence-corrected chi connectivity index (χ4v) is 3.66. The lowest BCUT2D eigenvalue weighted by Crippen LogP contribution is -2.16. The summed E-state index contributed by atoms with van der Waals surface area (Å²) in [5, 5.41) is 21.8. The highest BCUT2D eigenvalue weighted by Gasteiger charge is 2.14. The molecule has 1 atom stereocenters. The third-order valence-electron chi connectivity index (χ3n) is 5.58. The van der Waals surface area contributed by atoms with Crippen molar-refractivity contribution >= 4 is 11.5 Å². The number of ketones is 1. The molecular formula is C26H27N5O2. The second-order valence-electron chi connectivity index (χ2n) is 7.97. The normalized spacial score (nSPS) is 11.8. The average molecular weight is 442 g/mol. The molecule has 168 valence electrons. The zero-order valence-corrected chi connectivity index (χ0v) is 18.6. The van der Waals surface area contributed by atoms with Crippen LogP contribution in [0.2, 0.25) is 0 Å². The first-order valence-electron chi connectivity index (χ1n) is 11.0. The topological polar surface area (TPSA) is 92.9 Å². The molecule has 33 heavy (non-hydrogen) atoms. The molecular weight excluding hydrogens is 414 g/mol. The number of aliphatic hydroxyl groups excluding tert-OH is 1. The lowest BCUT2D eigenvalue weighted by atomic mass is 9.99. The smallest absolute Gasteiger partial charge is 0.159 e. The molecule has 2 heterocycles. The van der Waals surface area contributed by atoms with Crippen LogP contribution in [0.15, 0.2) is 79.3 Å². The van der Waals surface area contributed by atoms with Crippen molar-refractivity contribution in [2.75, 3.05) is 18.5 Å². The number of carbonyl (C=O) groups is 1. The average Bonchev–Trinajstić information content (AvgIpc) is 3.32. The van der Waals surface area contributed by atoms with Crippen LogP contribution in [0.25, 0.3) is 11.1 Å². The van der Waals surface area contributed by atoms with Gasteiger partial charge in [0.05, 0.1) is 18.3 Å². The van der Waals surface area contributed by atoms with Crippen molar-refractivity contribution in [2.45, 2.75) is 25.8 Å². The highest BCUT2D eigenvalue weighted by atomic mass is 16.3. The Morgan fingerprint density at radius 2 is 1.67 bits per heavy atom. The van der Waals surface area contributed by atoms with Crippen LogP contribution in [0.4, 0.5) is 5.69 Å². The van der Waals surface area contributed by atoms with Gasteiger partial charge in [-0.05, 0) is 42.2 Å². The molecule has 0 saturated carbocycles. The molecule has 0 radical (unpaired) electrons. The number of aliphatic hydroxyl groups is 1. The Bertz CT molecular complexity index is 1170. The molecule has 0 fully saturated rings. The van der Waals surface area contributed by atoms with Crippen LogP contribution < -0.4 is 5.32 Å². The first-order chi connectivity index (χ1) is 16.1. The molecule has 1 unspecified atom stereocenters. The number of benzene rings is 2. The van der Waals surface area contributed by atoms with E-state index in [1.165, 1.54) is 0 Å². The summed E-state index contributed by atoms with van der Waals surface area (Å²) in [6.07, 6.45) is 6.79. The Kier molecular flexibility index (Phi) is 7.22. The Balaban J connectivity index is 1.35. The Labute approximate surface area is 193 Å². The third kappa shape index (κ3) is 5.90. The molecule has 0 aliphatic heterocycles. The van der Waals surface area contributed by atoms with Crippen molar-refractivity contribution in [3.8, 4) is 11.1 Å². The van der Waals surface area contributed by atoms with E-state index in [0.717, 1.165) is 41.0 Å². The van der Waals surface area contributed by atoms with Gasteiger partial charge in [0.2, 0.25) is 0 Å². The monoisotopic (exact) mass is 441 g/mol. The maximum Gasteiger partial charge on any atom is 0.159 e. The summed E-state index contributed by atoms with van der Waals surface area (Å²) in [4.78, 5) is 15.5. The van der Waals surface area contributed by atoms with Crippen molar-refractivity contribution in [1.29, 1.82) is 0 Å². The van der Waals surface area contributed by atoms with Gasteiger partial charge in [-0.3, -0.25) is 9.78 Å². The zero-order chi connectivity index (χ0) is 23.0. The molecule has 2 aromatic heterocycles. The minimum absolute atomic E-state index is 0.0215. The van der Waals surface area contributed by atoms with Gasteiger partial charge in [-0.1, -0.05) is 53.7 Å². The van der Waals surface area contributed by atoms with E-state index in [2.05, 4.69) is 44.9 Å². The molecule has 0 spiro atoms. The summed E-state index contributed by atoms with van der Waals surface area (Å²) in [7, 11) is 0. The maximum atomic E-state index is 11.5. The molecule has 0 amide bonds. The molecule has 0 bridgehead atoms. The number of nitrogens with one attached hydrogen (secondary N) is 1. The molecule has 2 aromatic carbocycles. The molecule has 4 rings (SSSR count). The fraction of sp³-hybridized carbons (Fsp3) is 0.231. The quantitative estimate of drug-likeness (QED) is 0.362. The highest BCUT2D eigenvalue weighted by Crippen LogP contribution is 2.22. The Morgan fingerprint density at radius 1 is 1.00 bits per heavy atom. The van der Waals surface area contributed by atoms with Gasteiger partial charge in [-0.15, -0.1) is 5.10 Å². The molecule has 0 aliphatic rings. The van der Waals surface area contributed by atoms with Crippen molar-refractivity contribution in [2.24, 2.45) is 0 Å². The summed E-state index contributed by atoms with van der Waals surface area (Å²) in [5.41, 5.74) is 5.85. The molecule has 7 heteroatoms. The highest BCUT2D eigenvalue weighted by molar-refractivity contribution is 5.94. The minimum atomic E-state index is -0.180. The molecule has 4 aromatic rings. The van der Waals surface area contributed by atoms with Gasteiger partial charge < -0.3 is 10.4 Å². The van der Waals surface area contributed by atoms with Gasteiger partial charge in [-0.25, -0.2) is 4.68 Å². The van der Waals surface area contributed by atoms with Crippen molar-refractivity contribution in [1.82, 2.24) is 20.0 Å². The van der Waals surface area contributed by atoms with Crippen LogP contribution in [-0.2, 0) is 12.8 Å². The van der Waals surface area contributed by atoms with Gasteiger partial charge >= 0.3 is 0 Å². The SMILES string of the molecule is CC(=O)c1ccc(-c2ccc(CC(CO)n3cc(CCNc4ccncc4)nn3)cc2)cc1. The van der Waals surface area contributed by atoms with Gasteiger partial charge in [0.15, 0.2) is 5.78 Å². The van der Waals surface area contributed by atoms with Gasteiger partial charge in [-0.2, -0.15) is 0 Å². The van der Waals surface area contributed by atoms with Crippen molar-refractivity contribution in [3.05, 3.63) is 96.1 Å². The Hall–Kier alpha value is -3.84. The second-order valence-corrected chi connectivity index (χ2v) is 7.97. The van der Waals surface area contributed by atoms with Crippen LogP contribution in [0.1, 0.15) is 34.6 Å². The number of anilines is 1. The first kappa shape index (κ1) is 22.4. The number of nitrogens with zero attached hydrogens (tertiary/aromatic N) is 4. The molecule has 0 saturated heterocycles. The second kappa shape index (κ2) is 10.7. The van der Waals surface area contributed by atoms with E-state index in [1.807, 2.05) is 42.6 Å². The fourth-order valence-electron chi connectivity index (χ4n) is 3.66. The van der Waals surface area contributed by atoms with Crippen molar-refractivity contribution < 1.29 is 9.90 Å². The number of hydrogen-bond donors (Lipinski definition) is 2. The Morgan fingerprint density at radius 3 is 2.30 bits per heavy atom. The first-order valence-corrected chi connectivity index (χ1v) is 11.0. The van der Waals surface area contributed by atoms with Crippen molar-refractivity contribution in [3.63, 3.8) is 0 Å². The largest absolute Gasteiger partial charge is 0.394 e. The number of carbonyl (C=O) groups excluding carboxylic acids is 1. The van der Waals surface area contributed by atoms with Gasteiger partial charge in [0, 0.05) is 42.8 Å². The van der Waals surface area contributed by atoms with Gasteiger partial charge in [0.1, 0.15) is 0 Å². The maximum absolute atomic E-state index is 11.5. The molecule has 7 nitrogen and oxygen atoms in total. The van der Waals surface area contributed by atoms with Crippen LogP contribution in [-0.4, -0.2) is 44.0 Å². The number of Topliss-reactive ketones (excluding diaryl/α,β-unsaturated/α-hetero) is 1. The predicted octanol–water partition coefficient (Wildman–Crippen LogP) is 3.97. The zero-order valence-electron chi connectivity index (χ0n) is 18.6. The number of hydrogen-bond acceptors (Lipinski definition) is 6. The summed E-state index contributed by atoms with van der Waals surface area (Å²) in [6, 6.07) is 19.5. The van der Waals surface area contributed by atoms with Crippen LogP contribution in [0, 0.1) is 0 Å². The van der Waals surface area contributed by atoms with E-state index in [0.29, 0.717) is 12.0 Å². The van der Waals surface area contributed by atoms with E-state index in [-0.39, 0.29) is 18.4 Å². The van der Waals surface area contributed by atoms with E-state index in [4.69, 9.17) is 0 Å². The number of rotatable bonds is 10. The summed E-state index contributed by atoms with van der Waals surface area (Å²) >= 11 is 0. The minimum Gasteiger partial charge on any atom is -0.394 e. The van der Waals surface area contributed by atoms with E-state index >= 15 is 0 Å². The lowest BCUT2D eigenvalue weighted by Gasteiger charge is -2.14. The van der Waals surface area contributed by atoms with E-state index in [9.17, 15) is 9.90 Å². The van der Waals surface area contributed by atoms with Crippen LogP contribution in [0.5, 0.6) is 0 Å². The van der Waals surface area contributed by atoms with E-state index in [1.54, 1.807) is 24.0 Å². The summed E-state index contributed by atoms with van der Waals surface area (Å²) in [5.74, 6) is 0.0632. The molecule has 0 aliphatic carbocycles. The van der Waals surface area contributed by atoms with E-state index < -0.39 is 0 Å². The summed E-state index contributed by atoms with van der Waals surface area (Å²) in [6.45, 7) is 2.28. The summed E-state index contributed by atoms with van der Waals surface area (Å²) < 4.78 is 1.75. The lowest BCUT2D eigenvalue weighted by molar-refractivity contribution is 0.101. The number of aromatic nitrogens is 4. The third-order valence-corrected chi connectivity index (χ3v) is 5.58. The molecule has 2 N–H and O–H groups in total. The number of pyridine rings is 1.